The summed E-state index contributed by atoms with van der Waals surface area (Å²) in [5.74, 6) is -0.588. The minimum atomic E-state index is -0.471. The van der Waals surface area contributed by atoms with Crippen LogP contribution in [0, 0.1) is 0 Å². The van der Waals surface area contributed by atoms with Gasteiger partial charge in [-0.1, -0.05) is 6.07 Å². The Bertz CT molecular complexity index is 489. The zero-order valence-corrected chi connectivity index (χ0v) is 12.1. The van der Waals surface area contributed by atoms with E-state index in [4.69, 9.17) is 10.5 Å². The number of rotatable bonds is 6. The number of esters is 1. The van der Waals surface area contributed by atoms with Crippen LogP contribution in [0.3, 0.4) is 0 Å². The van der Waals surface area contributed by atoms with E-state index in [2.05, 4.69) is 5.32 Å². The lowest BCUT2D eigenvalue weighted by Gasteiger charge is -2.25. The molecule has 0 aliphatic rings. The summed E-state index contributed by atoms with van der Waals surface area (Å²) in [7, 11) is 1.31. The normalized spacial score (nSPS) is 9.95. The third kappa shape index (κ3) is 3.63. The number of carbonyl (C=O) groups is 2. The van der Waals surface area contributed by atoms with Gasteiger partial charge in [0.25, 0.3) is 0 Å². The van der Waals surface area contributed by atoms with Crippen LogP contribution >= 0.6 is 0 Å². The van der Waals surface area contributed by atoms with Crippen molar-refractivity contribution in [2.24, 2.45) is 0 Å². The number of benzene rings is 1. The summed E-state index contributed by atoms with van der Waals surface area (Å²) >= 11 is 0. The molecule has 0 saturated heterocycles. The molecule has 0 bridgehead atoms. The van der Waals surface area contributed by atoms with E-state index in [1.165, 1.54) is 7.11 Å². The summed E-state index contributed by atoms with van der Waals surface area (Å²) < 4.78 is 4.76. The fraction of sp³-hybridized carbons (Fsp3) is 0.429. The smallest absolute Gasteiger partial charge is 0.340 e. The molecule has 3 N–H and O–H groups in total. The summed E-state index contributed by atoms with van der Waals surface area (Å²) in [5, 5.41) is 2.72. The molecule has 1 aromatic rings. The predicted molar refractivity (Wildman–Crippen MR) is 78.8 cm³/mol. The molecule has 20 heavy (non-hydrogen) atoms. The van der Waals surface area contributed by atoms with Crippen LogP contribution in [-0.4, -0.2) is 38.6 Å². The summed E-state index contributed by atoms with van der Waals surface area (Å²) in [5.41, 5.74) is 7.30. The molecule has 0 fully saturated rings. The van der Waals surface area contributed by atoms with Crippen LogP contribution in [0.4, 0.5) is 11.4 Å². The van der Waals surface area contributed by atoms with Gasteiger partial charge in [0.05, 0.1) is 30.6 Å². The van der Waals surface area contributed by atoms with E-state index in [1.54, 1.807) is 23.1 Å². The highest BCUT2D eigenvalue weighted by Crippen LogP contribution is 2.28. The van der Waals surface area contributed by atoms with Crippen molar-refractivity contribution in [3.8, 4) is 0 Å². The van der Waals surface area contributed by atoms with Gasteiger partial charge in [-0.15, -0.1) is 0 Å². The van der Waals surface area contributed by atoms with Gasteiger partial charge < -0.3 is 20.7 Å². The van der Waals surface area contributed by atoms with E-state index in [-0.39, 0.29) is 12.5 Å². The van der Waals surface area contributed by atoms with Crippen molar-refractivity contribution in [2.45, 2.75) is 13.8 Å². The third-order valence-electron chi connectivity index (χ3n) is 2.88. The number of likely N-dealkylation sites (N-methyl/N-ethyl adjacent to an activating group) is 2. The number of amides is 1. The van der Waals surface area contributed by atoms with Gasteiger partial charge in [-0.3, -0.25) is 4.79 Å². The van der Waals surface area contributed by atoms with E-state index in [9.17, 15) is 9.59 Å². The Hall–Kier alpha value is -2.24. The molecule has 6 nitrogen and oxygen atoms in total. The Labute approximate surface area is 118 Å². The number of nitrogens with zero attached hydrogens (tertiary/aromatic N) is 1. The van der Waals surface area contributed by atoms with Crippen LogP contribution in [-0.2, 0) is 9.53 Å². The van der Waals surface area contributed by atoms with Gasteiger partial charge >= 0.3 is 5.97 Å². The van der Waals surface area contributed by atoms with Crippen molar-refractivity contribution in [2.75, 3.05) is 37.4 Å². The molecule has 0 saturated carbocycles. The van der Waals surface area contributed by atoms with E-state index >= 15 is 0 Å². The SMILES string of the molecule is CCNC(=O)CN(CC)c1c(N)cccc1C(=O)OC. The highest BCUT2D eigenvalue weighted by atomic mass is 16.5. The fourth-order valence-corrected chi connectivity index (χ4v) is 1.96. The van der Waals surface area contributed by atoms with Gasteiger partial charge in [0, 0.05) is 13.1 Å². The predicted octanol–water partition coefficient (Wildman–Crippen LogP) is 1.02. The van der Waals surface area contributed by atoms with Crippen molar-refractivity contribution in [3.05, 3.63) is 23.8 Å². The van der Waals surface area contributed by atoms with Crippen LogP contribution in [0.15, 0.2) is 18.2 Å². The molecule has 0 unspecified atom stereocenters. The zero-order valence-electron chi connectivity index (χ0n) is 12.1. The second-order valence-electron chi connectivity index (χ2n) is 4.20. The minimum Gasteiger partial charge on any atom is -0.465 e. The quantitative estimate of drug-likeness (QED) is 0.600. The number of anilines is 2. The van der Waals surface area contributed by atoms with E-state index in [1.807, 2.05) is 13.8 Å². The van der Waals surface area contributed by atoms with Crippen molar-refractivity contribution in [3.63, 3.8) is 0 Å². The number of hydrogen-bond donors (Lipinski definition) is 2. The molecule has 0 spiro atoms. The Morgan fingerprint density at radius 2 is 2.05 bits per heavy atom. The summed E-state index contributed by atoms with van der Waals surface area (Å²) in [6, 6.07) is 5.02. The largest absolute Gasteiger partial charge is 0.465 e. The van der Waals surface area contributed by atoms with Crippen LogP contribution in [0.5, 0.6) is 0 Å². The number of nitrogens with two attached hydrogens (primary N) is 1. The molecule has 0 radical (unpaired) electrons. The molecule has 0 atom stereocenters. The first-order valence-electron chi connectivity index (χ1n) is 6.53. The monoisotopic (exact) mass is 279 g/mol. The molecule has 6 heteroatoms. The van der Waals surface area contributed by atoms with Gasteiger partial charge in [-0.25, -0.2) is 4.79 Å². The molecule has 0 heterocycles. The number of nitrogen functional groups attached to an aromatic ring is 1. The molecule has 110 valence electrons. The molecule has 0 aliphatic heterocycles. The first kappa shape index (κ1) is 15.8. The summed E-state index contributed by atoms with van der Waals surface area (Å²) in [6.45, 7) is 5.00. The number of methoxy groups -OCH3 is 1. The Morgan fingerprint density at radius 1 is 1.35 bits per heavy atom. The van der Waals surface area contributed by atoms with Gasteiger partial charge in [0.1, 0.15) is 0 Å². The number of hydrogen-bond acceptors (Lipinski definition) is 5. The maximum Gasteiger partial charge on any atom is 0.340 e. The fourth-order valence-electron chi connectivity index (χ4n) is 1.96. The lowest BCUT2D eigenvalue weighted by Crippen LogP contribution is -2.38. The Balaban J connectivity index is 3.13. The lowest BCUT2D eigenvalue weighted by atomic mass is 10.1. The topological polar surface area (TPSA) is 84.7 Å². The van der Waals surface area contributed by atoms with E-state index in [0.717, 1.165) is 0 Å². The van der Waals surface area contributed by atoms with Gasteiger partial charge in [-0.05, 0) is 26.0 Å². The van der Waals surface area contributed by atoms with Crippen LogP contribution in [0.1, 0.15) is 24.2 Å². The molecule has 0 aromatic heterocycles. The minimum absolute atomic E-state index is 0.117. The number of ether oxygens (including phenoxy) is 1. The lowest BCUT2D eigenvalue weighted by molar-refractivity contribution is -0.119. The summed E-state index contributed by atoms with van der Waals surface area (Å²) in [4.78, 5) is 25.3. The zero-order chi connectivity index (χ0) is 15.1. The average Bonchev–Trinajstić information content (AvgIpc) is 2.44. The van der Waals surface area contributed by atoms with Crippen LogP contribution in [0.25, 0.3) is 0 Å². The molecular formula is C14H21N3O3. The second kappa shape index (κ2) is 7.37. The van der Waals surface area contributed by atoms with Crippen molar-refractivity contribution in [1.29, 1.82) is 0 Å². The first-order chi connectivity index (χ1) is 9.54. The Morgan fingerprint density at radius 3 is 2.60 bits per heavy atom. The van der Waals surface area contributed by atoms with Crippen molar-refractivity contribution >= 4 is 23.3 Å². The standard InChI is InChI=1S/C14H21N3O3/c1-4-16-12(18)9-17(5-2)13-10(14(19)20-3)7-6-8-11(13)15/h6-8H,4-5,9,15H2,1-3H3,(H,16,18). The molecule has 0 aliphatic carbocycles. The first-order valence-corrected chi connectivity index (χ1v) is 6.53. The van der Waals surface area contributed by atoms with E-state index in [0.29, 0.717) is 30.0 Å². The second-order valence-corrected chi connectivity index (χ2v) is 4.20. The third-order valence-corrected chi connectivity index (χ3v) is 2.88. The highest BCUT2D eigenvalue weighted by Gasteiger charge is 2.20. The summed E-state index contributed by atoms with van der Waals surface area (Å²) in [6.07, 6.45) is 0. The highest BCUT2D eigenvalue weighted by molar-refractivity contribution is 6.00. The van der Waals surface area contributed by atoms with E-state index < -0.39 is 5.97 Å². The average molecular weight is 279 g/mol. The molecular weight excluding hydrogens is 258 g/mol. The van der Waals surface area contributed by atoms with Gasteiger partial charge in [0.15, 0.2) is 0 Å². The number of carbonyl (C=O) groups excluding carboxylic acids is 2. The molecule has 1 rings (SSSR count). The molecule has 1 aromatic carbocycles. The van der Waals surface area contributed by atoms with Crippen molar-refractivity contribution < 1.29 is 14.3 Å². The van der Waals surface area contributed by atoms with Gasteiger partial charge in [0.2, 0.25) is 5.91 Å². The number of nitrogens with one attached hydrogen (secondary N) is 1. The van der Waals surface area contributed by atoms with Crippen molar-refractivity contribution in [1.82, 2.24) is 5.32 Å². The van der Waals surface area contributed by atoms with Crippen LogP contribution < -0.4 is 16.0 Å². The number of para-hydroxylation sites is 1. The maximum atomic E-state index is 11.8. The maximum absolute atomic E-state index is 11.8. The Kier molecular flexibility index (Phi) is 5.83. The molecule has 1 amide bonds. The van der Waals surface area contributed by atoms with Crippen LogP contribution in [0.2, 0.25) is 0 Å². The van der Waals surface area contributed by atoms with Gasteiger partial charge in [-0.2, -0.15) is 0 Å².